The monoisotopic (exact) mass is 282 g/mol. The number of ether oxygens (including phenoxy) is 1. The Bertz CT molecular complexity index is 225. The summed E-state index contributed by atoms with van der Waals surface area (Å²) in [5, 5.41) is 0. The molecule has 0 aliphatic carbocycles. The van der Waals surface area contributed by atoms with Crippen LogP contribution in [0.4, 0.5) is 4.39 Å². The highest BCUT2D eigenvalue weighted by Gasteiger charge is 2.24. The number of hydrogen-bond acceptors (Lipinski definition) is 3. The van der Waals surface area contributed by atoms with Gasteiger partial charge in [0.1, 0.15) is 6.61 Å². The lowest BCUT2D eigenvalue weighted by Crippen LogP contribution is -2.26. The third-order valence-electron chi connectivity index (χ3n) is 1.64. The van der Waals surface area contributed by atoms with E-state index in [0.29, 0.717) is 0 Å². The molecule has 0 spiro atoms. The zero-order valence-corrected chi connectivity index (χ0v) is 10.7. The van der Waals surface area contributed by atoms with Crippen LogP contribution in [0.15, 0.2) is 0 Å². The van der Waals surface area contributed by atoms with Crippen molar-refractivity contribution in [1.29, 1.82) is 0 Å². The van der Waals surface area contributed by atoms with Gasteiger partial charge in [-0.25, -0.2) is 4.39 Å². The van der Waals surface area contributed by atoms with Crippen molar-refractivity contribution in [1.82, 2.24) is 0 Å². The first-order chi connectivity index (χ1) is 6.77. The van der Waals surface area contributed by atoms with Crippen LogP contribution in [0.25, 0.3) is 0 Å². The van der Waals surface area contributed by atoms with E-state index >= 15 is 0 Å². The summed E-state index contributed by atoms with van der Waals surface area (Å²) in [5.74, 6) is -0.339. The molecule has 0 amide bonds. The van der Waals surface area contributed by atoms with Gasteiger partial charge < -0.3 is 9.53 Å². The molecule has 0 aromatic heterocycles. The van der Waals surface area contributed by atoms with Gasteiger partial charge in [-0.3, -0.25) is 4.79 Å². The minimum Gasteiger partial charge on any atom is -0.464 e. The topological polar surface area (TPSA) is 43.4 Å². The van der Waals surface area contributed by atoms with Gasteiger partial charge in [0.2, 0.25) is 0 Å². The fraction of sp³-hybridized carbons (Fsp3) is 0.800. The average molecular weight is 283 g/mol. The third-order valence-corrected chi connectivity index (χ3v) is 2.27. The maximum Gasteiger partial charge on any atom is 0.311 e. The quantitative estimate of drug-likeness (QED) is 0.441. The molecular formula is C10H16BrFO3. The van der Waals surface area contributed by atoms with Crippen molar-refractivity contribution < 1.29 is 18.7 Å². The first-order valence-electron chi connectivity index (χ1n) is 4.68. The van der Waals surface area contributed by atoms with E-state index in [-0.39, 0.29) is 30.1 Å². The van der Waals surface area contributed by atoms with Crippen LogP contribution in [0, 0.1) is 5.41 Å². The normalized spacial score (nSPS) is 15.5. The van der Waals surface area contributed by atoms with Gasteiger partial charge in [-0.15, -0.1) is 0 Å². The smallest absolute Gasteiger partial charge is 0.311 e. The lowest BCUT2D eigenvalue weighted by atomic mass is 9.97. The zero-order chi connectivity index (χ0) is 12.1. The number of hydrogen-bond donors (Lipinski definition) is 0. The number of rotatable bonds is 5. The molecule has 0 aliphatic rings. The van der Waals surface area contributed by atoms with Crippen LogP contribution < -0.4 is 0 Å². The Morgan fingerprint density at radius 1 is 1.53 bits per heavy atom. The van der Waals surface area contributed by atoms with Crippen LogP contribution in [0.5, 0.6) is 0 Å². The molecule has 0 aromatic rings. The molecule has 0 fully saturated rings. The van der Waals surface area contributed by atoms with E-state index in [2.05, 4.69) is 15.9 Å². The summed E-state index contributed by atoms with van der Waals surface area (Å²) in [6.45, 7) is 5.29. The van der Waals surface area contributed by atoms with E-state index in [1.165, 1.54) is 0 Å². The number of alkyl halides is 2. The van der Waals surface area contributed by atoms with E-state index < -0.39 is 11.6 Å². The molecule has 0 unspecified atom stereocenters. The average Bonchev–Trinajstić information content (AvgIpc) is 2.12. The van der Waals surface area contributed by atoms with Crippen molar-refractivity contribution in [2.45, 2.75) is 38.2 Å². The molecule has 0 bridgehead atoms. The van der Waals surface area contributed by atoms with Gasteiger partial charge in [0.25, 0.3) is 0 Å². The van der Waals surface area contributed by atoms with Gasteiger partial charge in [-0.2, -0.15) is 0 Å². The SMILES string of the molecule is CC(C)(C)C(=O)OC[C@H](Br)C[C@H](F)C=O. The van der Waals surface area contributed by atoms with Crippen molar-refractivity contribution in [3.63, 3.8) is 0 Å². The molecule has 88 valence electrons. The first kappa shape index (κ1) is 14.6. The third kappa shape index (κ3) is 6.60. The van der Waals surface area contributed by atoms with Crippen LogP contribution in [0.3, 0.4) is 0 Å². The van der Waals surface area contributed by atoms with E-state index in [1.54, 1.807) is 20.8 Å². The summed E-state index contributed by atoms with van der Waals surface area (Å²) in [6, 6.07) is 0. The Hall–Kier alpha value is -0.450. The first-order valence-corrected chi connectivity index (χ1v) is 5.59. The van der Waals surface area contributed by atoms with Crippen molar-refractivity contribution in [2.75, 3.05) is 6.61 Å². The molecule has 0 radical (unpaired) electrons. The van der Waals surface area contributed by atoms with Crippen LogP contribution in [-0.4, -0.2) is 29.9 Å². The minimum atomic E-state index is -1.51. The molecule has 0 N–H and O–H groups in total. The molecule has 2 atom stereocenters. The zero-order valence-electron chi connectivity index (χ0n) is 9.13. The second-order valence-electron chi connectivity index (χ2n) is 4.33. The van der Waals surface area contributed by atoms with Gasteiger partial charge in [0.05, 0.1) is 10.2 Å². The van der Waals surface area contributed by atoms with Crippen molar-refractivity contribution in [3.05, 3.63) is 0 Å². The predicted molar refractivity (Wildman–Crippen MR) is 58.7 cm³/mol. The molecule has 0 saturated heterocycles. The predicted octanol–water partition coefficient (Wildman–Crippen LogP) is 2.27. The largest absolute Gasteiger partial charge is 0.464 e. The molecule has 15 heavy (non-hydrogen) atoms. The molecule has 0 aliphatic heterocycles. The standard InChI is InChI=1S/C10H16BrFO3/c1-10(2,3)9(14)15-6-7(11)4-8(12)5-13/h5,7-8H,4,6H2,1-3H3/t7-,8+/m1/s1. The van der Waals surface area contributed by atoms with Crippen LogP contribution >= 0.6 is 15.9 Å². The Kier molecular flexibility index (Phi) is 6.02. The Balaban J connectivity index is 3.86. The lowest BCUT2D eigenvalue weighted by Gasteiger charge is -2.18. The van der Waals surface area contributed by atoms with Gasteiger partial charge in [-0.05, 0) is 20.8 Å². The number of halogens is 2. The molecular weight excluding hydrogens is 267 g/mol. The van der Waals surface area contributed by atoms with E-state index in [1.807, 2.05) is 0 Å². The minimum absolute atomic E-state index is 0.0148. The van der Waals surface area contributed by atoms with Crippen LogP contribution in [-0.2, 0) is 14.3 Å². The van der Waals surface area contributed by atoms with Gasteiger partial charge in [-0.1, -0.05) is 15.9 Å². The lowest BCUT2D eigenvalue weighted by molar-refractivity contribution is -0.152. The van der Waals surface area contributed by atoms with E-state index in [4.69, 9.17) is 4.74 Å². The summed E-state index contributed by atoms with van der Waals surface area (Å²) >= 11 is 3.14. The van der Waals surface area contributed by atoms with Gasteiger partial charge >= 0.3 is 5.97 Å². The maximum atomic E-state index is 12.6. The fourth-order valence-electron chi connectivity index (χ4n) is 0.751. The summed E-state index contributed by atoms with van der Waals surface area (Å²) < 4.78 is 17.5. The van der Waals surface area contributed by atoms with Crippen LogP contribution in [0.2, 0.25) is 0 Å². The van der Waals surface area contributed by atoms with E-state index in [9.17, 15) is 14.0 Å². The summed E-state index contributed by atoms with van der Waals surface area (Å²) in [7, 11) is 0. The molecule has 3 nitrogen and oxygen atoms in total. The van der Waals surface area contributed by atoms with Crippen molar-refractivity contribution in [2.24, 2.45) is 5.41 Å². The van der Waals surface area contributed by atoms with Crippen molar-refractivity contribution >= 4 is 28.2 Å². The second kappa shape index (κ2) is 6.20. The summed E-state index contributed by atoms with van der Waals surface area (Å²) in [4.78, 5) is 21.0. The number of aldehydes is 1. The number of carbonyl (C=O) groups excluding carboxylic acids is 2. The molecule has 0 rings (SSSR count). The highest BCUT2D eigenvalue weighted by molar-refractivity contribution is 9.09. The molecule has 0 saturated carbocycles. The highest BCUT2D eigenvalue weighted by atomic mass is 79.9. The summed E-state index contributed by atoms with van der Waals surface area (Å²) in [5.41, 5.74) is -0.563. The number of esters is 1. The highest BCUT2D eigenvalue weighted by Crippen LogP contribution is 2.17. The van der Waals surface area contributed by atoms with Crippen molar-refractivity contribution in [3.8, 4) is 0 Å². The Labute approximate surface area is 97.5 Å². The van der Waals surface area contributed by atoms with E-state index in [0.717, 1.165) is 0 Å². The van der Waals surface area contributed by atoms with Gasteiger partial charge in [0, 0.05) is 6.42 Å². The molecule has 0 heterocycles. The van der Waals surface area contributed by atoms with Crippen LogP contribution in [0.1, 0.15) is 27.2 Å². The Morgan fingerprint density at radius 3 is 2.47 bits per heavy atom. The second-order valence-corrected chi connectivity index (χ2v) is 5.63. The summed E-state index contributed by atoms with van der Waals surface area (Å²) in [6.07, 6.45) is -1.26. The van der Waals surface area contributed by atoms with Gasteiger partial charge in [0.15, 0.2) is 12.5 Å². The fourth-order valence-corrected chi connectivity index (χ4v) is 1.24. The molecule has 5 heteroatoms. The molecule has 0 aromatic carbocycles. The maximum absolute atomic E-state index is 12.6. The Morgan fingerprint density at radius 2 is 2.07 bits per heavy atom. The number of carbonyl (C=O) groups is 2.